The monoisotopic (exact) mass is 439 g/mol. The van der Waals surface area contributed by atoms with Crippen LogP contribution in [0.3, 0.4) is 0 Å². The Morgan fingerprint density at radius 2 is 1.97 bits per heavy atom. The first-order valence-corrected chi connectivity index (χ1v) is 10.2. The Balaban J connectivity index is 1.93. The number of rotatable bonds is 8. The van der Waals surface area contributed by atoms with Gasteiger partial charge in [-0.3, -0.25) is 14.2 Å². The van der Waals surface area contributed by atoms with E-state index in [-0.39, 0.29) is 31.4 Å². The maximum atomic E-state index is 13.8. The minimum absolute atomic E-state index is 0.116. The van der Waals surface area contributed by atoms with Crippen molar-refractivity contribution in [2.45, 2.75) is 32.9 Å². The number of amides is 1. The van der Waals surface area contributed by atoms with Gasteiger partial charge in [0.1, 0.15) is 23.9 Å². The van der Waals surface area contributed by atoms with Crippen LogP contribution >= 0.6 is 0 Å². The number of aryl methyl sites for hydroxylation is 1. The van der Waals surface area contributed by atoms with Crippen molar-refractivity contribution in [1.82, 2.24) is 14.9 Å². The van der Waals surface area contributed by atoms with Crippen LogP contribution in [-0.4, -0.2) is 34.3 Å². The third-order valence-corrected chi connectivity index (χ3v) is 5.21. The number of carbonyl (C=O) groups is 1. The second-order valence-electron chi connectivity index (χ2n) is 7.44. The van der Waals surface area contributed by atoms with Crippen LogP contribution < -0.4 is 15.6 Å². The molecular weight excluding hydrogens is 413 g/mol. The number of nitrogens with zero attached hydrogens (tertiary/aromatic N) is 2. The van der Waals surface area contributed by atoms with E-state index in [2.05, 4.69) is 10.3 Å². The topological polar surface area (TPSA) is 93.4 Å². The van der Waals surface area contributed by atoms with Crippen LogP contribution in [0.2, 0.25) is 0 Å². The van der Waals surface area contributed by atoms with Crippen LogP contribution in [-0.2, 0) is 17.8 Å². The van der Waals surface area contributed by atoms with Crippen molar-refractivity contribution in [1.29, 1.82) is 0 Å². The Morgan fingerprint density at radius 3 is 2.59 bits per heavy atom. The summed E-state index contributed by atoms with van der Waals surface area (Å²) in [5.41, 5.74) is 1.59. The molecule has 7 nitrogen and oxygen atoms in total. The average molecular weight is 439 g/mol. The molecule has 0 radical (unpaired) electrons. The molecule has 168 valence electrons. The van der Waals surface area contributed by atoms with Crippen LogP contribution in [0.4, 0.5) is 4.39 Å². The van der Waals surface area contributed by atoms with Gasteiger partial charge < -0.3 is 15.2 Å². The lowest BCUT2D eigenvalue weighted by Crippen LogP contribution is -2.36. The first kappa shape index (κ1) is 23.1. The molecule has 32 heavy (non-hydrogen) atoms. The number of aliphatic hydroxyl groups excluding tert-OH is 1. The number of ether oxygens (including phenoxy) is 1. The van der Waals surface area contributed by atoms with Gasteiger partial charge in [0, 0.05) is 29.8 Å². The van der Waals surface area contributed by atoms with Gasteiger partial charge in [-0.05, 0) is 43.7 Å². The standard InChI is InChI=1S/C24H26FN3O4/c1-15(17-7-9-20(32-3)10-8-17)26-22(30)14-28-23(18-5-4-6-19(25)13-18)27-16(2)21(11-12-29)24(28)31/h4-10,13,15,29H,11-12,14H2,1-3H3,(H,26,30)/t15-/m1/s1. The normalized spacial score (nSPS) is 11.8. The van der Waals surface area contributed by atoms with E-state index in [1.807, 2.05) is 19.1 Å². The number of hydrogen-bond acceptors (Lipinski definition) is 5. The molecule has 0 aliphatic heterocycles. The number of methoxy groups -OCH3 is 1. The van der Waals surface area contributed by atoms with E-state index in [0.717, 1.165) is 5.56 Å². The maximum Gasteiger partial charge on any atom is 0.257 e. The minimum atomic E-state index is -0.474. The van der Waals surface area contributed by atoms with Crippen LogP contribution in [0.5, 0.6) is 5.75 Å². The quantitative estimate of drug-likeness (QED) is 0.563. The Morgan fingerprint density at radius 1 is 1.25 bits per heavy atom. The molecule has 8 heteroatoms. The predicted molar refractivity (Wildman–Crippen MR) is 119 cm³/mol. The summed E-state index contributed by atoms with van der Waals surface area (Å²) < 4.78 is 20.2. The summed E-state index contributed by atoms with van der Waals surface area (Å²) in [7, 11) is 1.58. The maximum absolute atomic E-state index is 13.8. The molecule has 0 spiro atoms. The number of aromatic nitrogens is 2. The molecule has 0 aliphatic rings. The molecule has 3 rings (SSSR count). The lowest BCUT2D eigenvalue weighted by Gasteiger charge is -2.18. The Bertz CT molecular complexity index is 1160. The first-order chi connectivity index (χ1) is 15.3. The Labute approximate surface area is 185 Å². The van der Waals surface area contributed by atoms with Crippen LogP contribution in [0.15, 0.2) is 53.3 Å². The van der Waals surface area contributed by atoms with E-state index >= 15 is 0 Å². The van der Waals surface area contributed by atoms with Crippen LogP contribution in [0.25, 0.3) is 11.4 Å². The Kier molecular flexibility index (Phi) is 7.37. The van der Waals surface area contributed by atoms with Crippen molar-refractivity contribution in [3.8, 4) is 17.1 Å². The van der Waals surface area contributed by atoms with E-state index in [4.69, 9.17) is 4.74 Å². The molecule has 0 saturated heterocycles. The highest BCUT2D eigenvalue weighted by atomic mass is 19.1. The van der Waals surface area contributed by atoms with Crippen molar-refractivity contribution in [2.24, 2.45) is 0 Å². The van der Waals surface area contributed by atoms with Gasteiger partial charge in [0.25, 0.3) is 5.56 Å². The van der Waals surface area contributed by atoms with E-state index in [1.165, 1.54) is 22.8 Å². The summed E-state index contributed by atoms with van der Waals surface area (Å²) in [6.07, 6.45) is 0.116. The van der Waals surface area contributed by atoms with Crippen molar-refractivity contribution in [3.05, 3.63) is 81.5 Å². The first-order valence-electron chi connectivity index (χ1n) is 10.2. The molecule has 2 aromatic carbocycles. The van der Waals surface area contributed by atoms with Crippen molar-refractivity contribution >= 4 is 5.91 Å². The molecule has 0 saturated carbocycles. The fourth-order valence-corrected chi connectivity index (χ4v) is 3.50. The molecule has 0 fully saturated rings. The Hall–Kier alpha value is -3.52. The third kappa shape index (κ3) is 5.20. The fourth-order valence-electron chi connectivity index (χ4n) is 3.50. The van der Waals surface area contributed by atoms with Gasteiger partial charge >= 0.3 is 0 Å². The number of halogens is 1. The number of aliphatic hydroxyl groups is 1. The van der Waals surface area contributed by atoms with E-state index < -0.39 is 17.3 Å². The van der Waals surface area contributed by atoms with E-state index in [1.54, 1.807) is 32.2 Å². The summed E-state index contributed by atoms with van der Waals surface area (Å²) in [4.78, 5) is 30.4. The molecule has 1 aromatic heterocycles. The zero-order valence-electron chi connectivity index (χ0n) is 18.3. The van der Waals surface area contributed by atoms with Crippen LogP contribution in [0.1, 0.15) is 29.8 Å². The SMILES string of the molecule is COc1ccc([C@@H](C)NC(=O)Cn2c(-c3cccc(F)c3)nc(C)c(CCO)c2=O)cc1. The van der Waals surface area contributed by atoms with Gasteiger partial charge in [-0.1, -0.05) is 24.3 Å². The highest BCUT2D eigenvalue weighted by Gasteiger charge is 2.19. The highest BCUT2D eigenvalue weighted by molar-refractivity contribution is 5.77. The lowest BCUT2D eigenvalue weighted by molar-refractivity contribution is -0.122. The third-order valence-electron chi connectivity index (χ3n) is 5.21. The second kappa shape index (κ2) is 10.2. The largest absolute Gasteiger partial charge is 0.497 e. The van der Waals surface area contributed by atoms with Gasteiger partial charge in [-0.25, -0.2) is 9.37 Å². The predicted octanol–water partition coefficient (Wildman–Crippen LogP) is 2.78. The fraction of sp³-hybridized carbons (Fsp3) is 0.292. The zero-order valence-corrected chi connectivity index (χ0v) is 18.3. The van der Waals surface area contributed by atoms with Gasteiger partial charge in [0.2, 0.25) is 5.91 Å². The molecule has 0 aliphatic carbocycles. The molecule has 2 N–H and O–H groups in total. The van der Waals surface area contributed by atoms with Crippen molar-refractivity contribution in [3.63, 3.8) is 0 Å². The summed E-state index contributed by atoms with van der Waals surface area (Å²) in [6, 6.07) is 12.7. The summed E-state index contributed by atoms with van der Waals surface area (Å²) >= 11 is 0. The lowest BCUT2D eigenvalue weighted by atomic mass is 10.1. The van der Waals surface area contributed by atoms with Gasteiger partial charge in [0.05, 0.1) is 13.2 Å². The molecule has 0 bridgehead atoms. The van der Waals surface area contributed by atoms with E-state index in [9.17, 15) is 19.1 Å². The highest BCUT2D eigenvalue weighted by Crippen LogP contribution is 2.20. The summed E-state index contributed by atoms with van der Waals surface area (Å²) in [5, 5.41) is 12.2. The number of benzene rings is 2. The van der Waals surface area contributed by atoms with Gasteiger partial charge in [0.15, 0.2) is 0 Å². The van der Waals surface area contributed by atoms with E-state index in [0.29, 0.717) is 22.6 Å². The number of carbonyl (C=O) groups excluding carboxylic acids is 1. The average Bonchev–Trinajstić information content (AvgIpc) is 2.78. The molecule has 1 atom stereocenters. The zero-order chi connectivity index (χ0) is 23.3. The van der Waals surface area contributed by atoms with Crippen molar-refractivity contribution in [2.75, 3.05) is 13.7 Å². The molecule has 1 heterocycles. The smallest absolute Gasteiger partial charge is 0.257 e. The summed E-state index contributed by atoms with van der Waals surface area (Å²) in [5.74, 6) is 0.0354. The minimum Gasteiger partial charge on any atom is -0.497 e. The second-order valence-corrected chi connectivity index (χ2v) is 7.44. The molecule has 1 amide bonds. The van der Waals surface area contributed by atoms with Gasteiger partial charge in [-0.15, -0.1) is 0 Å². The molecule has 3 aromatic rings. The number of nitrogens with one attached hydrogen (secondary N) is 1. The molecule has 0 unspecified atom stereocenters. The summed E-state index contributed by atoms with van der Waals surface area (Å²) in [6.45, 7) is 2.97. The van der Waals surface area contributed by atoms with Crippen LogP contribution in [0, 0.1) is 12.7 Å². The van der Waals surface area contributed by atoms with Gasteiger partial charge in [-0.2, -0.15) is 0 Å². The molecular formula is C24H26FN3O4. The van der Waals surface area contributed by atoms with Crippen molar-refractivity contribution < 1.29 is 19.0 Å². The number of hydrogen-bond donors (Lipinski definition) is 2.